The Morgan fingerprint density at radius 1 is 0.947 bits per heavy atom. The third kappa shape index (κ3) is 5.04. The first-order valence-electron chi connectivity index (χ1n) is 11.2. The van der Waals surface area contributed by atoms with Gasteiger partial charge in [0.05, 0.1) is 6.61 Å². The molecule has 4 N–H and O–H groups in total. The number of imide groups is 1. The first-order valence-corrected chi connectivity index (χ1v) is 11.2. The zero-order valence-electron chi connectivity index (χ0n) is 20.1. The summed E-state index contributed by atoms with van der Waals surface area (Å²) in [7, 11) is 0. The fraction of sp³-hybridized carbons (Fsp3) is 0.417. The number of hydrogen-bond donors (Lipinski definition) is 4. The van der Waals surface area contributed by atoms with Crippen molar-refractivity contribution in [1.29, 1.82) is 0 Å². The highest BCUT2D eigenvalue weighted by Gasteiger charge is 2.71. The minimum Gasteiger partial charge on any atom is -0.504 e. The molecule has 1 unspecified atom stereocenters. The van der Waals surface area contributed by atoms with Crippen LogP contribution in [0.5, 0.6) is 17.2 Å². The van der Waals surface area contributed by atoms with Crippen LogP contribution in [-0.4, -0.2) is 57.7 Å². The van der Waals surface area contributed by atoms with E-state index in [1.807, 2.05) is 0 Å². The molecule has 0 aliphatic carbocycles. The molecule has 0 bridgehead atoms. The number of rotatable bonds is 8. The molecule has 0 radical (unpaired) electrons. The lowest BCUT2D eigenvalue weighted by Gasteiger charge is -2.33. The fourth-order valence-electron chi connectivity index (χ4n) is 4.01. The third-order valence-electron chi connectivity index (χ3n) is 6.27. The average Bonchev–Trinajstić information content (AvgIpc) is 3.03. The summed E-state index contributed by atoms with van der Waals surface area (Å²) in [5.74, 6) is -1.46. The van der Waals surface area contributed by atoms with Gasteiger partial charge in [-0.15, -0.1) is 0 Å². The number of unbranched alkanes of at least 4 members (excludes halogenated alkanes) is 1. The van der Waals surface area contributed by atoms with E-state index in [0.717, 1.165) is 17.0 Å². The van der Waals surface area contributed by atoms with Gasteiger partial charge in [0.2, 0.25) is 0 Å². The minimum absolute atomic E-state index is 0.00449. The Morgan fingerprint density at radius 3 is 2.13 bits per heavy atom. The summed E-state index contributed by atoms with van der Waals surface area (Å²) in [6.45, 7) is 2.61. The van der Waals surface area contributed by atoms with E-state index in [1.165, 1.54) is 26.0 Å². The third-order valence-corrected chi connectivity index (χ3v) is 6.27. The van der Waals surface area contributed by atoms with E-state index in [2.05, 4.69) is 5.32 Å². The lowest BCUT2D eigenvalue weighted by Crippen LogP contribution is -2.53. The topological polar surface area (TPSA) is 119 Å². The number of nitrogens with zero attached hydrogens (tertiary/aromatic N) is 1. The molecule has 0 aromatic heterocycles. The largest absolute Gasteiger partial charge is 0.504 e. The smallest absolute Gasteiger partial charge is 0.430 e. The maximum atomic E-state index is 13.1. The molecule has 1 fully saturated rings. The van der Waals surface area contributed by atoms with Gasteiger partial charge in [-0.3, -0.25) is 9.69 Å². The second-order valence-electron chi connectivity index (χ2n) is 8.96. The zero-order valence-corrected chi connectivity index (χ0v) is 20.1. The molecule has 1 aliphatic rings. The highest BCUT2D eigenvalue weighted by molar-refractivity contribution is 6.07. The normalized spacial score (nSPS) is 18.6. The quantitative estimate of drug-likeness (QED) is 0.168. The minimum atomic E-state index is -6.00. The number of aliphatic hydroxyl groups is 1. The van der Waals surface area contributed by atoms with Gasteiger partial charge in [0.1, 0.15) is 11.3 Å². The predicted molar refractivity (Wildman–Crippen MR) is 119 cm³/mol. The van der Waals surface area contributed by atoms with E-state index in [4.69, 9.17) is 4.74 Å². The van der Waals surface area contributed by atoms with E-state index in [1.54, 1.807) is 0 Å². The summed E-state index contributed by atoms with van der Waals surface area (Å²) >= 11 is 0. The number of phenolic OH excluding ortho intramolecular Hbond substituents is 2. The van der Waals surface area contributed by atoms with Crippen molar-refractivity contribution in [3.63, 3.8) is 0 Å². The zero-order chi connectivity index (χ0) is 28.7. The van der Waals surface area contributed by atoms with E-state index < -0.39 is 52.5 Å². The molecule has 2 aromatic rings. The van der Waals surface area contributed by atoms with Gasteiger partial charge in [0, 0.05) is 12.1 Å². The van der Waals surface area contributed by atoms with Gasteiger partial charge in [-0.2, -0.15) is 26.3 Å². The molecule has 14 heteroatoms. The average molecular weight is 550 g/mol. The number of phenols is 2. The van der Waals surface area contributed by atoms with E-state index in [0.29, 0.717) is 12.1 Å². The van der Waals surface area contributed by atoms with Gasteiger partial charge >= 0.3 is 18.4 Å². The Labute approximate surface area is 212 Å². The van der Waals surface area contributed by atoms with Gasteiger partial charge in [0.25, 0.3) is 11.5 Å². The van der Waals surface area contributed by atoms with E-state index in [-0.39, 0.29) is 42.9 Å². The second-order valence-corrected chi connectivity index (χ2v) is 8.96. The summed E-state index contributed by atoms with van der Waals surface area (Å²) < 4.78 is 84.0. The van der Waals surface area contributed by atoms with Crippen molar-refractivity contribution in [2.24, 2.45) is 0 Å². The first-order chi connectivity index (χ1) is 17.4. The van der Waals surface area contributed by atoms with Gasteiger partial charge < -0.3 is 25.4 Å². The second kappa shape index (κ2) is 9.89. The Hall–Kier alpha value is -3.68. The number of hydrogen-bond acceptors (Lipinski definition) is 6. The number of carbonyl (C=O) groups excluding carboxylic acids is 2. The lowest BCUT2D eigenvalue weighted by atomic mass is 9.91. The number of ether oxygens (including phenoxy) is 1. The van der Waals surface area contributed by atoms with Gasteiger partial charge in [0.15, 0.2) is 11.5 Å². The molecular formula is C24H24F6N2O6. The van der Waals surface area contributed by atoms with Crippen LogP contribution in [-0.2, 0) is 15.9 Å². The number of urea groups is 1. The van der Waals surface area contributed by atoms with Crippen LogP contribution in [0.3, 0.4) is 0 Å². The molecule has 1 saturated heterocycles. The van der Waals surface area contributed by atoms with Crippen LogP contribution in [0, 0.1) is 6.92 Å². The number of carbonyl (C=O) groups is 2. The van der Waals surface area contributed by atoms with Crippen molar-refractivity contribution >= 4 is 11.9 Å². The number of aromatic hydroxyl groups is 2. The number of halogens is 6. The number of nitrogens with one attached hydrogen (secondary N) is 1. The monoisotopic (exact) mass is 550 g/mol. The summed E-state index contributed by atoms with van der Waals surface area (Å²) in [5, 5.41) is 31.3. The van der Waals surface area contributed by atoms with Crippen molar-refractivity contribution in [3.05, 3.63) is 53.1 Å². The number of benzene rings is 2. The molecule has 208 valence electrons. The van der Waals surface area contributed by atoms with Crippen LogP contribution in [0.2, 0.25) is 0 Å². The SMILES string of the molecule is Cc1cc(C(O)(C(F)(F)F)C(F)(F)F)ccc1OCCCCN1C(=O)NC(C)(c2ccc(O)c(O)c2)C1=O. The Morgan fingerprint density at radius 2 is 1.58 bits per heavy atom. The molecule has 1 aliphatic heterocycles. The summed E-state index contributed by atoms with van der Waals surface area (Å²) in [6, 6.07) is 4.95. The van der Waals surface area contributed by atoms with Crippen LogP contribution in [0.4, 0.5) is 31.1 Å². The molecule has 2 aromatic carbocycles. The van der Waals surface area contributed by atoms with Crippen LogP contribution in [0.1, 0.15) is 36.5 Å². The number of amides is 3. The van der Waals surface area contributed by atoms with Crippen molar-refractivity contribution < 1.29 is 56.0 Å². The summed E-state index contributed by atoms with van der Waals surface area (Å²) in [5.41, 5.74) is -7.74. The number of aryl methyl sites for hydroxylation is 1. The highest BCUT2D eigenvalue weighted by atomic mass is 19.4. The molecule has 0 spiro atoms. The van der Waals surface area contributed by atoms with Gasteiger partial charge in [-0.25, -0.2) is 4.79 Å². The molecule has 0 saturated carbocycles. The van der Waals surface area contributed by atoms with Crippen LogP contribution in [0.15, 0.2) is 36.4 Å². The van der Waals surface area contributed by atoms with Gasteiger partial charge in [-0.1, -0.05) is 12.1 Å². The standard InChI is InChI=1S/C24H24F6N2O6/c1-13-11-15(22(37,23(25,26)27)24(28,29)30)6-8-18(13)38-10-4-3-9-32-19(35)21(2,31-20(32)36)14-5-7-16(33)17(34)12-14/h5-8,11-12,33-34,37H,3-4,9-10H2,1-2H3,(H,31,36). The van der Waals surface area contributed by atoms with E-state index in [9.17, 15) is 51.3 Å². The Bertz CT molecular complexity index is 1220. The molecule has 8 nitrogen and oxygen atoms in total. The van der Waals surface area contributed by atoms with Crippen LogP contribution < -0.4 is 10.1 Å². The molecule has 38 heavy (non-hydrogen) atoms. The van der Waals surface area contributed by atoms with Crippen molar-refractivity contribution in [3.8, 4) is 17.2 Å². The Kier molecular flexibility index (Phi) is 7.52. The molecular weight excluding hydrogens is 526 g/mol. The highest BCUT2D eigenvalue weighted by Crippen LogP contribution is 2.50. The maximum absolute atomic E-state index is 13.1. The molecule has 1 atom stereocenters. The van der Waals surface area contributed by atoms with Gasteiger partial charge in [-0.05, 0) is 62.1 Å². The maximum Gasteiger partial charge on any atom is 0.430 e. The van der Waals surface area contributed by atoms with E-state index >= 15 is 0 Å². The van der Waals surface area contributed by atoms with Crippen LogP contribution >= 0.6 is 0 Å². The first kappa shape index (κ1) is 28.9. The molecule has 3 amide bonds. The summed E-state index contributed by atoms with van der Waals surface area (Å²) in [6.07, 6.45) is -11.5. The summed E-state index contributed by atoms with van der Waals surface area (Å²) in [4.78, 5) is 26.2. The molecule has 3 rings (SSSR count). The fourth-order valence-corrected chi connectivity index (χ4v) is 4.01. The van der Waals surface area contributed by atoms with Crippen molar-refractivity contribution in [2.45, 2.75) is 50.2 Å². The Balaban J connectivity index is 1.59. The van der Waals surface area contributed by atoms with Crippen molar-refractivity contribution in [1.82, 2.24) is 10.2 Å². The van der Waals surface area contributed by atoms with Crippen LogP contribution in [0.25, 0.3) is 0 Å². The lowest BCUT2D eigenvalue weighted by molar-refractivity contribution is -0.376. The number of alkyl halides is 6. The molecule has 1 heterocycles. The van der Waals surface area contributed by atoms with Crippen molar-refractivity contribution in [2.75, 3.05) is 13.2 Å². The predicted octanol–water partition coefficient (Wildman–Crippen LogP) is 4.34.